The van der Waals surface area contributed by atoms with E-state index >= 15 is 0 Å². The van der Waals surface area contributed by atoms with E-state index in [9.17, 15) is 4.79 Å². The molecule has 98 valence electrons. The van der Waals surface area contributed by atoms with Crippen molar-refractivity contribution < 1.29 is 9.53 Å². The molecule has 0 saturated heterocycles. The fourth-order valence-electron chi connectivity index (χ4n) is 0.963. The molecule has 0 radical (unpaired) electrons. The number of carbonyl (C=O) groups is 1. The fraction of sp³-hybridized carbons (Fsp3) is 0.917. The van der Waals surface area contributed by atoms with Crippen molar-refractivity contribution in [1.29, 1.82) is 0 Å². The highest BCUT2D eigenvalue weighted by Gasteiger charge is 2.07. The SMILES string of the molecule is CC(C)(C)OC=O.NCCCCCCCN. The number of rotatable bonds is 7. The molecular weight excluding hydrogens is 204 g/mol. The normalized spacial score (nSPS) is 10.3. The van der Waals surface area contributed by atoms with Gasteiger partial charge in [-0.05, 0) is 46.7 Å². The second-order valence-corrected chi connectivity index (χ2v) is 4.67. The summed E-state index contributed by atoms with van der Waals surface area (Å²) in [6.07, 6.45) is 6.19. The van der Waals surface area contributed by atoms with E-state index in [1.54, 1.807) is 0 Å². The van der Waals surface area contributed by atoms with E-state index in [0.29, 0.717) is 6.47 Å². The Labute approximate surface area is 99.7 Å². The molecule has 0 unspecified atom stereocenters. The first-order valence-electron chi connectivity index (χ1n) is 5.99. The monoisotopic (exact) mass is 232 g/mol. The summed E-state index contributed by atoms with van der Waals surface area (Å²) in [6.45, 7) is 7.59. The summed E-state index contributed by atoms with van der Waals surface area (Å²) in [6, 6.07) is 0. The molecule has 4 N–H and O–H groups in total. The van der Waals surface area contributed by atoms with Crippen LogP contribution in [-0.2, 0) is 9.53 Å². The Kier molecular flexibility index (Phi) is 13.8. The molecule has 0 bridgehead atoms. The predicted octanol–water partition coefficient (Wildman–Crippen LogP) is 1.81. The molecule has 0 saturated carbocycles. The van der Waals surface area contributed by atoms with Crippen LogP contribution in [0.2, 0.25) is 0 Å². The van der Waals surface area contributed by atoms with Crippen molar-refractivity contribution in [2.24, 2.45) is 11.5 Å². The zero-order chi connectivity index (χ0) is 12.9. The Balaban J connectivity index is 0. The first-order chi connectivity index (χ1) is 7.47. The topological polar surface area (TPSA) is 78.3 Å². The highest BCUT2D eigenvalue weighted by atomic mass is 16.5. The first-order valence-corrected chi connectivity index (χ1v) is 5.99. The van der Waals surface area contributed by atoms with Gasteiger partial charge in [-0.2, -0.15) is 0 Å². The molecule has 4 heteroatoms. The predicted molar refractivity (Wildman–Crippen MR) is 68.1 cm³/mol. The number of ether oxygens (including phenoxy) is 1. The Hall–Kier alpha value is -0.610. The molecule has 0 spiro atoms. The Bertz CT molecular complexity index is 138. The summed E-state index contributed by atoms with van der Waals surface area (Å²) in [5, 5.41) is 0. The van der Waals surface area contributed by atoms with Crippen LogP contribution in [0.5, 0.6) is 0 Å². The number of hydrogen-bond acceptors (Lipinski definition) is 4. The third-order valence-corrected chi connectivity index (χ3v) is 1.81. The van der Waals surface area contributed by atoms with E-state index in [1.165, 1.54) is 32.1 Å². The standard InChI is InChI=1S/C7H18N2.C5H10O2/c8-6-4-2-1-3-5-7-9;1-5(2,3)7-4-6/h1-9H2;4H,1-3H3. The zero-order valence-corrected chi connectivity index (χ0v) is 11.0. The molecule has 0 atom stereocenters. The molecule has 0 aliphatic carbocycles. The maximum Gasteiger partial charge on any atom is 0.293 e. The van der Waals surface area contributed by atoms with Gasteiger partial charge in [0.25, 0.3) is 6.47 Å². The van der Waals surface area contributed by atoms with E-state index in [1.807, 2.05) is 20.8 Å². The quantitative estimate of drug-likeness (QED) is 0.518. The lowest BCUT2D eigenvalue weighted by Crippen LogP contribution is -2.17. The van der Waals surface area contributed by atoms with Crippen LogP contribution in [0, 0.1) is 0 Å². The number of hydrogen-bond donors (Lipinski definition) is 2. The smallest absolute Gasteiger partial charge is 0.293 e. The van der Waals surface area contributed by atoms with Gasteiger partial charge in [0, 0.05) is 0 Å². The van der Waals surface area contributed by atoms with E-state index in [-0.39, 0.29) is 5.60 Å². The summed E-state index contributed by atoms with van der Waals surface area (Å²) in [7, 11) is 0. The third kappa shape index (κ3) is 23.3. The summed E-state index contributed by atoms with van der Waals surface area (Å²) in [5.74, 6) is 0. The van der Waals surface area contributed by atoms with Gasteiger partial charge in [-0.15, -0.1) is 0 Å². The second kappa shape index (κ2) is 12.5. The lowest BCUT2D eigenvalue weighted by molar-refractivity contribution is -0.138. The Morgan fingerprint density at radius 3 is 1.50 bits per heavy atom. The second-order valence-electron chi connectivity index (χ2n) is 4.67. The number of unbranched alkanes of at least 4 members (excludes halogenated alkanes) is 4. The highest BCUT2D eigenvalue weighted by Crippen LogP contribution is 2.02. The van der Waals surface area contributed by atoms with Gasteiger partial charge in [0.15, 0.2) is 0 Å². The van der Waals surface area contributed by atoms with Crippen molar-refractivity contribution in [2.45, 2.75) is 58.5 Å². The van der Waals surface area contributed by atoms with Crippen molar-refractivity contribution in [3.05, 3.63) is 0 Å². The summed E-state index contributed by atoms with van der Waals surface area (Å²) < 4.78 is 4.55. The molecule has 0 aliphatic heterocycles. The average molecular weight is 232 g/mol. The molecule has 16 heavy (non-hydrogen) atoms. The van der Waals surface area contributed by atoms with Crippen LogP contribution >= 0.6 is 0 Å². The van der Waals surface area contributed by atoms with Crippen molar-refractivity contribution in [3.8, 4) is 0 Å². The molecule has 0 heterocycles. The Morgan fingerprint density at radius 2 is 1.31 bits per heavy atom. The van der Waals surface area contributed by atoms with Crippen molar-refractivity contribution >= 4 is 6.47 Å². The van der Waals surface area contributed by atoms with E-state index in [4.69, 9.17) is 11.5 Å². The van der Waals surface area contributed by atoms with Crippen molar-refractivity contribution in [2.75, 3.05) is 13.1 Å². The average Bonchev–Trinajstić information content (AvgIpc) is 2.17. The molecule has 0 fully saturated rings. The molecule has 0 rings (SSSR count). The number of carbonyl (C=O) groups excluding carboxylic acids is 1. The van der Waals surface area contributed by atoms with E-state index in [2.05, 4.69) is 4.74 Å². The number of nitrogens with two attached hydrogens (primary N) is 2. The maximum absolute atomic E-state index is 9.60. The van der Waals surface area contributed by atoms with Crippen LogP contribution in [-0.4, -0.2) is 25.2 Å². The van der Waals surface area contributed by atoms with Gasteiger partial charge < -0.3 is 16.2 Å². The van der Waals surface area contributed by atoms with Crippen LogP contribution in [0.3, 0.4) is 0 Å². The minimum Gasteiger partial charge on any atom is -0.462 e. The fourth-order valence-corrected chi connectivity index (χ4v) is 0.963. The molecular formula is C12H28N2O2. The Morgan fingerprint density at radius 1 is 0.938 bits per heavy atom. The van der Waals surface area contributed by atoms with Crippen LogP contribution in [0.15, 0.2) is 0 Å². The zero-order valence-electron chi connectivity index (χ0n) is 11.0. The van der Waals surface area contributed by atoms with Crippen LogP contribution in [0.25, 0.3) is 0 Å². The highest BCUT2D eigenvalue weighted by molar-refractivity contribution is 5.37. The van der Waals surface area contributed by atoms with Crippen LogP contribution < -0.4 is 11.5 Å². The molecule has 0 aliphatic rings. The summed E-state index contributed by atoms with van der Waals surface area (Å²) in [4.78, 5) is 9.60. The third-order valence-electron chi connectivity index (χ3n) is 1.81. The van der Waals surface area contributed by atoms with Gasteiger partial charge in [0.2, 0.25) is 0 Å². The van der Waals surface area contributed by atoms with Gasteiger partial charge in [-0.25, -0.2) is 0 Å². The van der Waals surface area contributed by atoms with Gasteiger partial charge >= 0.3 is 0 Å². The maximum atomic E-state index is 9.60. The van der Waals surface area contributed by atoms with Crippen molar-refractivity contribution in [3.63, 3.8) is 0 Å². The first kappa shape index (κ1) is 17.8. The van der Waals surface area contributed by atoms with Crippen LogP contribution in [0.1, 0.15) is 52.9 Å². The lowest BCUT2D eigenvalue weighted by Gasteiger charge is -2.14. The van der Waals surface area contributed by atoms with E-state index in [0.717, 1.165) is 13.1 Å². The molecule has 0 amide bonds. The van der Waals surface area contributed by atoms with Gasteiger partial charge in [0.05, 0.1) is 0 Å². The lowest BCUT2D eigenvalue weighted by atomic mass is 10.1. The minimum atomic E-state index is -0.318. The van der Waals surface area contributed by atoms with Crippen molar-refractivity contribution in [1.82, 2.24) is 0 Å². The molecule has 4 nitrogen and oxygen atoms in total. The van der Waals surface area contributed by atoms with E-state index < -0.39 is 0 Å². The van der Waals surface area contributed by atoms with Crippen LogP contribution in [0.4, 0.5) is 0 Å². The molecule has 0 aromatic heterocycles. The molecule has 0 aromatic carbocycles. The van der Waals surface area contributed by atoms with Gasteiger partial charge in [-0.1, -0.05) is 19.3 Å². The minimum absolute atomic E-state index is 0.318. The summed E-state index contributed by atoms with van der Waals surface area (Å²) in [5.41, 5.74) is 10.3. The largest absolute Gasteiger partial charge is 0.462 e. The summed E-state index contributed by atoms with van der Waals surface area (Å²) >= 11 is 0. The molecule has 0 aromatic rings. The van der Waals surface area contributed by atoms with Gasteiger partial charge in [-0.3, -0.25) is 4.79 Å². The van der Waals surface area contributed by atoms with Gasteiger partial charge in [0.1, 0.15) is 5.60 Å².